The third kappa shape index (κ3) is 4.03. The van der Waals surface area contributed by atoms with Crippen LogP contribution >= 0.6 is 11.6 Å². The van der Waals surface area contributed by atoms with Gasteiger partial charge in [-0.15, -0.1) is 5.10 Å². The van der Waals surface area contributed by atoms with Crippen LogP contribution < -0.4 is 11.1 Å². The van der Waals surface area contributed by atoms with Gasteiger partial charge >= 0.3 is 0 Å². The summed E-state index contributed by atoms with van der Waals surface area (Å²) < 4.78 is 1.46. The second kappa shape index (κ2) is 5.83. The number of hydrogen-bond donors (Lipinski definition) is 2. The van der Waals surface area contributed by atoms with Gasteiger partial charge in [-0.05, 0) is 38.5 Å². The van der Waals surface area contributed by atoms with Crippen molar-refractivity contribution in [2.45, 2.75) is 32.9 Å². The van der Waals surface area contributed by atoms with Crippen LogP contribution in [0.25, 0.3) is 0 Å². The van der Waals surface area contributed by atoms with Crippen LogP contribution in [0.3, 0.4) is 0 Å². The molecular formula is C14H18ClN5O. The van der Waals surface area contributed by atoms with Gasteiger partial charge in [-0.2, -0.15) is 0 Å². The van der Waals surface area contributed by atoms with Gasteiger partial charge in [0, 0.05) is 10.7 Å². The summed E-state index contributed by atoms with van der Waals surface area (Å²) in [6.45, 7) is 5.62. The summed E-state index contributed by atoms with van der Waals surface area (Å²) in [6.07, 6.45) is 1.67. The maximum absolute atomic E-state index is 12.0. The van der Waals surface area contributed by atoms with Crippen molar-refractivity contribution in [1.82, 2.24) is 15.0 Å². The van der Waals surface area contributed by atoms with Crippen molar-refractivity contribution in [2.24, 2.45) is 5.73 Å². The number of nitrogens with one attached hydrogen (secondary N) is 1. The van der Waals surface area contributed by atoms with Crippen LogP contribution in [-0.4, -0.2) is 20.9 Å². The van der Waals surface area contributed by atoms with E-state index in [0.29, 0.717) is 16.4 Å². The lowest BCUT2D eigenvalue weighted by atomic mass is 10.0. The molecule has 1 amide bonds. The Morgan fingerprint density at radius 1 is 1.48 bits per heavy atom. The topological polar surface area (TPSA) is 85.8 Å². The van der Waals surface area contributed by atoms with Gasteiger partial charge in [-0.3, -0.25) is 4.79 Å². The molecule has 0 bridgehead atoms. The van der Waals surface area contributed by atoms with Crippen LogP contribution in [0.2, 0.25) is 5.02 Å². The van der Waals surface area contributed by atoms with Gasteiger partial charge in [-0.1, -0.05) is 22.9 Å². The summed E-state index contributed by atoms with van der Waals surface area (Å²) in [4.78, 5) is 12.0. The number of anilines is 1. The minimum absolute atomic E-state index is 0.0645. The van der Waals surface area contributed by atoms with E-state index in [2.05, 4.69) is 15.6 Å². The Kier molecular flexibility index (Phi) is 4.29. The lowest BCUT2D eigenvalue weighted by Crippen LogP contribution is -2.29. The highest BCUT2D eigenvalue weighted by atomic mass is 35.5. The van der Waals surface area contributed by atoms with Gasteiger partial charge in [0.2, 0.25) is 5.91 Å². The molecule has 0 fully saturated rings. The molecule has 0 atom stereocenters. The lowest BCUT2D eigenvalue weighted by Gasteiger charge is -2.13. The third-order valence-corrected chi connectivity index (χ3v) is 3.21. The molecular weight excluding hydrogens is 290 g/mol. The van der Waals surface area contributed by atoms with Gasteiger partial charge in [0.25, 0.3) is 0 Å². The molecule has 0 aliphatic carbocycles. The molecule has 7 heteroatoms. The maximum Gasteiger partial charge on any atom is 0.246 e. The molecule has 3 N–H and O–H groups in total. The molecule has 0 saturated heterocycles. The van der Waals surface area contributed by atoms with E-state index in [1.807, 2.05) is 26.8 Å². The van der Waals surface area contributed by atoms with Gasteiger partial charge in [-0.25, -0.2) is 4.68 Å². The highest BCUT2D eigenvalue weighted by molar-refractivity contribution is 6.31. The fourth-order valence-corrected chi connectivity index (χ4v) is 1.91. The van der Waals surface area contributed by atoms with Crippen molar-refractivity contribution in [1.29, 1.82) is 0 Å². The summed E-state index contributed by atoms with van der Waals surface area (Å²) in [5.74, 6) is -0.202. The quantitative estimate of drug-likeness (QED) is 0.905. The second-order valence-corrected chi connectivity index (χ2v) is 5.97. The van der Waals surface area contributed by atoms with Crippen LogP contribution in [0.4, 0.5) is 5.69 Å². The first-order valence-corrected chi connectivity index (χ1v) is 6.89. The van der Waals surface area contributed by atoms with E-state index in [-0.39, 0.29) is 12.5 Å². The first kappa shape index (κ1) is 15.5. The Hall–Kier alpha value is -1.92. The van der Waals surface area contributed by atoms with Crippen molar-refractivity contribution in [3.05, 3.63) is 40.7 Å². The molecule has 2 rings (SSSR count). The number of carbonyl (C=O) groups is 1. The Balaban J connectivity index is 2.05. The average Bonchev–Trinajstić information content (AvgIpc) is 2.82. The summed E-state index contributed by atoms with van der Waals surface area (Å²) in [6, 6.07) is 5.34. The van der Waals surface area contributed by atoms with Gasteiger partial charge in [0.15, 0.2) is 0 Å². The number of nitrogens with two attached hydrogens (primary N) is 1. The van der Waals surface area contributed by atoms with E-state index < -0.39 is 5.54 Å². The average molecular weight is 308 g/mol. The smallest absolute Gasteiger partial charge is 0.246 e. The molecule has 6 nitrogen and oxygen atoms in total. The fraction of sp³-hybridized carbons (Fsp3) is 0.357. The Morgan fingerprint density at radius 2 is 2.19 bits per heavy atom. The highest BCUT2D eigenvalue weighted by Crippen LogP contribution is 2.20. The van der Waals surface area contributed by atoms with Crippen LogP contribution in [0, 0.1) is 6.92 Å². The van der Waals surface area contributed by atoms with Crippen molar-refractivity contribution >= 4 is 23.2 Å². The molecule has 1 heterocycles. The van der Waals surface area contributed by atoms with Crippen molar-refractivity contribution < 1.29 is 4.79 Å². The van der Waals surface area contributed by atoms with E-state index in [9.17, 15) is 4.79 Å². The van der Waals surface area contributed by atoms with Gasteiger partial charge < -0.3 is 11.1 Å². The Bertz CT molecular complexity index is 660. The van der Waals surface area contributed by atoms with Gasteiger partial charge in [0.05, 0.1) is 11.7 Å². The van der Waals surface area contributed by atoms with E-state index in [4.69, 9.17) is 17.3 Å². The fourth-order valence-electron chi connectivity index (χ4n) is 1.74. The van der Waals surface area contributed by atoms with E-state index >= 15 is 0 Å². The molecule has 112 valence electrons. The minimum Gasteiger partial charge on any atom is -0.324 e. The Morgan fingerprint density at radius 3 is 2.81 bits per heavy atom. The van der Waals surface area contributed by atoms with Crippen LogP contribution in [0.1, 0.15) is 25.1 Å². The lowest BCUT2D eigenvalue weighted by molar-refractivity contribution is -0.116. The predicted molar refractivity (Wildman–Crippen MR) is 82.1 cm³/mol. The molecule has 1 aromatic carbocycles. The molecule has 2 aromatic rings. The second-order valence-electron chi connectivity index (χ2n) is 5.53. The summed E-state index contributed by atoms with van der Waals surface area (Å²) in [5.41, 5.74) is 7.61. The largest absolute Gasteiger partial charge is 0.324 e. The number of hydrogen-bond acceptors (Lipinski definition) is 4. The molecule has 0 aliphatic rings. The number of rotatable bonds is 4. The molecule has 1 aromatic heterocycles. The van der Waals surface area contributed by atoms with Crippen molar-refractivity contribution in [3.63, 3.8) is 0 Å². The zero-order chi connectivity index (χ0) is 15.6. The number of carbonyl (C=O) groups excluding carboxylic acids is 1. The van der Waals surface area contributed by atoms with Crippen molar-refractivity contribution in [3.8, 4) is 0 Å². The zero-order valence-electron chi connectivity index (χ0n) is 12.2. The zero-order valence-corrected chi connectivity index (χ0v) is 13.0. The molecule has 21 heavy (non-hydrogen) atoms. The SMILES string of the molecule is Cc1ccc(Cl)cc1NC(=O)Cn1cc(C(C)(C)N)nn1. The van der Waals surface area contributed by atoms with E-state index in [1.54, 1.807) is 18.3 Å². The highest BCUT2D eigenvalue weighted by Gasteiger charge is 2.19. The molecule has 0 aliphatic heterocycles. The standard InChI is InChI=1S/C14H18ClN5O/c1-9-4-5-10(15)6-11(9)17-13(21)8-20-7-12(18-19-20)14(2,3)16/h4-7H,8,16H2,1-3H3,(H,17,21). The summed E-state index contributed by atoms with van der Waals surface area (Å²) in [5, 5.41) is 11.2. The first-order chi connectivity index (χ1) is 9.75. The first-order valence-electron chi connectivity index (χ1n) is 6.51. The van der Waals surface area contributed by atoms with Gasteiger partial charge in [0.1, 0.15) is 12.2 Å². The van der Waals surface area contributed by atoms with E-state index in [1.165, 1.54) is 4.68 Å². The van der Waals surface area contributed by atoms with Crippen LogP contribution in [0.5, 0.6) is 0 Å². The minimum atomic E-state index is -0.585. The van der Waals surface area contributed by atoms with Crippen molar-refractivity contribution in [2.75, 3.05) is 5.32 Å². The van der Waals surface area contributed by atoms with Crippen LogP contribution in [0.15, 0.2) is 24.4 Å². The molecule has 0 radical (unpaired) electrons. The molecule has 0 spiro atoms. The number of benzene rings is 1. The maximum atomic E-state index is 12.0. The summed E-state index contributed by atoms with van der Waals surface area (Å²) >= 11 is 5.92. The monoisotopic (exact) mass is 307 g/mol. The number of nitrogens with zero attached hydrogens (tertiary/aromatic N) is 3. The number of halogens is 1. The summed E-state index contributed by atoms with van der Waals surface area (Å²) in [7, 11) is 0. The van der Waals surface area contributed by atoms with Crippen LogP contribution in [-0.2, 0) is 16.9 Å². The third-order valence-electron chi connectivity index (χ3n) is 2.98. The molecule has 0 saturated carbocycles. The molecule has 0 unspecified atom stereocenters. The normalized spacial score (nSPS) is 11.5. The predicted octanol–water partition coefficient (Wildman–Crippen LogP) is 2.07. The number of amides is 1. The number of aryl methyl sites for hydroxylation is 1. The number of aromatic nitrogens is 3. The Labute approximate surface area is 128 Å². The van der Waals surface area contributed by atoms with E-state index in [0.717, 1.165) is 5.56 Å².